The minimum Gasteiger partial charge on any atom is -0.393 e. The van der Waals surface area contributed by atoms with Gasteiger partial charge in [0.2, 0.25) is 0 Å². The molecule has 7 heteroatoms. The molecule has 3 N–H and O–H groups in total. The Labute approximate surface area is 119 Å². The van der Waals surface area contributed by atoms with E-state index >= 15 is 0 Å². The third-order valence-corrected chi connectivity index (χ3v) is 2.74. The van der Waals surface area contributed by atoms with E-state index in [4.69, 9.17) is 11.0 Å². The minimum absolute atomic E-state index is 0.0848. The molecule has 0 heterocycles. The summed E-state index contributed by atoms with van der Waals surface area (Å²) in [4.78, 5) is 22.1. The molecular weight excluding hydrogens is 272 g/mol. The summed E-state index contributed by atoms with van der Waals surface area (Å²) in [7, 11) is 0. The molecule has 2 rings (SSSR count). The van der Waals surface area contributed by atoms with Crippen LogP contribution in [0.5, 0.6) is 0 Å². The lowest BCUT2D eigenvalue weighted by Gasteiger charge is -2.06. The fourth-order valence-corrected chi connectivity index (χ4v) is 1.73. The SMILES string of the molecule is N#Cc1cccc(NC(=O)c2ccc([N+](=O)[O-])c(N)c2)c1. The quantitative estimate of drug-likeness (QED) is 0.508. The highest BCUT2D eigenvalue weighted by molar-refractivity contribution is 6.05. The smallest absolute Gasteiger partial charge is 0.292 e. The zero-order chi connectivity index (χ0) is 15.4. The molecule has 7 nitrogen and oxygen atoms in total. The van der Waals surface area contributed by atoms with Gasteiger partial charge in [-0.1, -0.05) is 6.07 Å². The molecule has 104 valence electrons. The molecule has 0 spiro atoms. The summed E-state index contributed by atoms with van der Waals surface area (Å²) in [5, 5.41) is 22.0. The zero-order valence-electron chi connectivity index (χ0n) is 10.7. The summed E-state index contributed by atoms with van der Waals surface area (Å²) < 4.78 is 0. The number of nitrogens with two attached hydrogens (primary N) is 1. The van der Waals surface area contributed by atoms with Crippen LogP contribution in [0.4, 0.5) is 17.1 Å². The number of nitriles is 1. The van der Waals surface area contributed by atoms with Gasteiger partial charge in [0.15, 0.2) is 0 Å². The molecule has 0 saturated carbocycles. The van der Waals surface area contributed by atoms with E-state index in [2.05, 4.69) is 5.32 Å². The van der Waals surface area contributed by atoms with Crippen molar-refractivity contribution in [3.8, 4) is 6.07 Å². The Bertz CT molecular complexity index is 765. The summed E-state index contributed by atoms with van der Waals surface area (Å²) in [6.45, 7) is 0. The second-order valence-electron chi connectivity index (χ2n) is 4.18. The first-order chi connectivity index (χ1) is 10.0. The number of nitrogens with one attached hydrogen (secondary N) is 1. The van der Waals surface area contributed by atoms with Crippen LogP contribution in [0.15, 0.2) is 42.5 Å². The van der Waals surface area contributed by atoms with Gasteiger partial charge in [0, 0.05) is 17.3 Å². The van der Waals surface area contributed by atoms with E-state index in [1.165, 1.54) is 24.3 Å². The third-order valence-electron chi connectivity index (χ3n) is 2.74. The molecular formula is C14H10N4O3. The Morgan fingerprint density at radius 2 is 2.05 bits per heavy atom. The van der Waals surface area contributed by atoms with Gasteiger partial charge in [-0.15, -0.1) is 0 Å². The van der Waals surface area contributed by atoms with Crippen molar-refractivity contribution in [2.45, 2.75) is 0 Å². The third kappa shape index (κ3) is 3.13. The molecule has 0 aromatic heterocycles. The standard InChI is InChI=1S/C14H10N4O3/c15-8-9-2-1-3-11(6-9)17-14(19)10-4-5-13(18(20)21)12(16)7-10/h1-7H,16H2,(H,17,19). The van der Waals surface area contributed by atoms with Crippen LogP contribution in [0.25, 0.3) is 0 Å². The fraction of sp³-hybridized carbons (Fsp3) is 0. The number of benzene rings is 2. The van der Waals surface area contributed by atoms with Gasteiger partial charge >= 0.3 is 0 Å². The number of amides is 1. The van der Waals surface area contributed by atoms with Gasteiger partial charge in [0.1, 0.15) is 5.69 Å². The lowest BCUT2D eigenvalue weighted by atomic mass is 10.1. The van der Waals surface area contributed by atoms with Crippen molar-refractivity contribution in [1.29, 1.82) is 5.26 Å². The van der Waals surface area contributed by atoms with E-state index in [0.29, 0.717) is 11.3 Å². The molecule has 0 aliphatic rings. The van der Waals surface area contributed by atoms with Gasteiger partial charge in [-0.25, -0.2) is 0 Å². The van der Waals surface area contributed by atoms with E-state index < -0.39 is 10.8 Å². The molecule has 0 unspecified atom stereocenters. The van der Waals surface area contributed by atoms with Crippen molar-refractivity contribution in [3.05, 3.63) is 63.7 Å². The average molecular weight is 282 g/mol. The Morgan fingerprint density at radius 3 is 2.67 bits per heavy atom. The number of nitro groups is 1. The lowest BCUT2D eigenvalue weighted by molar-refractivity contribution is -0.383. The van der Waals surface area contributed by atoms with Gasteiger partial charge in [-0.2, -0.15) is 5.26 Å². The van der Waals surface area contributed by atoms with Crippen LogP contribution in [-0.2, 0) is 0 Å². The van der Waals surface area contributed by atoms with Gasteiger partial charge in [0.25, 0.3) is 11.6 Å². The van der Waals surface area contributed by atoms with Crippen molar-refractivity contribution in [2.24, 2.45) is 0 Å². The number of carbonyl (C=O) groups excluding carboxylic acids is 1. The molecule has 2 aromatic carbocycles. The number of carbonyl (C=O) groups is 1. The van der Waals surface area contributed by atoms with Crippen LogP contribution in [0, 0.1) is 21.4 Å². The fourth-order valence-electron chi connectivity index (χ4n) is 1.73. The highest BCUT2D eigenvalue weighted by Crippen LogP contribution is 2.22. The summed E-state index contributed by atoms with van der Waals surface area (Å²) in [6.07, 6.45) is 0. The number of hydrogen-bond donors (Lipinski definition) is 2. The largest absolute Gasteiger partial charge is 0.393 e. The van der Waals surface area contributed by atoms with Crippen LogP contribution >= 0.6 is 0 Å². The first kappa shape index (κ1) is 14.0. The molecule has 21 heavy (non-hydrogen) atoms. The van der Waals surface area contributed by atoms with E-state index in [9.17, 15) is 14.9 Å². The van der Waals surface area contributed by atoms with Crippen LogP contribution in [0.3, 0.4) is 0 Å². The topological polar surface area (TPSA) is 122 Å². The first-order valence-electron chi connectivity index (χ1n) is 5.86. The maximum absolute atomic E-state index is 12.0. The van der Waals surface area contributed by atoms with Gasteiger partial charge in [0.05, 0.1) is 16.6 Å². The number of hydrogen-bond acceptors (Lipinski definition) is 5. The molecule has 0 atom stereocenters. The summed E-state index contributed by atoms with van der Waals surface area (Å²) in [5.41, 5.74) is 6.26. The highest BCUT2D eigenvalue weighted by Gasteiger charge is 2.14. The number of nitrogen functional groups attached to an aromatic ring is 1. The summed E-state index contributed by atoms with van der Waals surface area (Å²) in [5.74, 6) is -0.466. The summed E-state index contributed by atoms with van der Waals surface area (Å²) in [6, 6.07) is 12.1. The monoisotopic (exact) mass is 282 g/mol. The molecule has 0 radical (unpaired) electrons. The molecule has 0 saturated heterocycles. The predicted molar refractivity (Wildman–Crippen MR) is 76.6 cm³/mol. The number of rotatable bonds is 3. The van der Waals surface area contributed by atoms with Crippen LogP contribution in [0.1, 0.15) is 15.9 Å². The number of nitro benzene ring substituents is 1. The van der Waals surface area contributed by atoms with Crippen molar-refractivity contribution in [2.75, 3.05) is 11.1 Å². The average Bonchev–Trinajstić information content (AvgIpc) is 2.46. The molecule has 0 fully saturated rings. The van der Waals surface area contributed by atoms with Gasteiger partial charge in [-0.05, 0) is 30.3 Å². The Kier molecular flexibility index (Phi) is 3.81. The van der Waals surface area contributed by atoms with E-state index in [1.54, 1.807) is 18.2 Å². The van der Waals surface area contributed by atoms with E-state index in [1.807, 2.05) is 6.07 Å². The number of anilines is 2. The zero-order valence-corrected chi connectivity index (χ0v) is 10.7. The Balaban J connectivity index is 2.22. The van der Waals surface area contributed by atoms with E-state index in [0.717, 1.165) is 0 Å². The number of nitrogens with zero attached hydrogens (tertiary/aromatic N) is 2. The van der Waals surface area contributed by atoms with Crippen molar-refractivity contribution in [3.63, 3.8) is 0 Å². The van der Waals surface area contributed by atoms with Crippen molar-refractivity contribution in [1.82, 2.24) is 0 Å². The second kappa shape index (κ2) is 5.71. The van der Waals surface area contributed by atoms with Crippen molar-refractivity contribution >= 4 is 23.0 Å². The lowest BCUT2D eigenvalue weighted by Crippen LogP contribution is -2.12. The normalized spacial score (nSPS) is 9.67. The van der Waals surface area contributed by atoms with E-state index in [-0.39, 0.29) is 16.9 Å². The molecule has 2 aromatic rings. The molecule has 0 bridgehead atoms. The molecule has 0 aliphatic carbocycles. The van der Waals surface area contributed by atoms with Crippen LogP contribution in [-0.4, -0.2) is 10.8 Å². The highest BCUT2D eigenvalue weighted by atomic mass is 16.6. The van der Waals surface area contributed by atoms with Crippen LogP contribution in [0.2, 0.25) is 0 Å². The Morgan fingerprint density at radius 1 is 1.29 bits per heavy atom. The van der Waals surface area contributed by atoms with Gasteiger partial charge < -0.3 is 11.1 Å². The maximum atomic E-state index is 12.0. The molecule has 1 amide bonds. The summed E-state index contributed by atoms with van der Waals surface area (Å²) >= 11 is 0. The predicted octanol–water partition coefficient (Wildman–Crippen LogP) is 2.30. The van der Waals surface area contributed by atoms with Gasteiger partial charge in [-0.3, -0.25) is 14.9 Å². The molecule has 0 aliphatic heterocycles. The minimum atomic E-state index is -0.618. The van der Waals surface area contributed by atoms with Crippen LogP contribution < -0.4 is 11.1 Å². The first-order valence-corrected chi connectivity index (χ1v) is 5.86. The second-order valence-corrected chi connectivity index (χ2v) is 4.18. The maximum Gasteiger partial charge on any atom is 0.292 e. The Hall–Kier alpha value is -3.40. The van der Waals surface area contributed by atoms with Crippen molar-refractivity contribution < 1.29 is 9.72 Å².